The van der Waals surface area contributed by atoms with Crippen molar-refractivity contribution < 1.29 is 19.0 Å². The van der Waals surface area contributed by atoms with E-state index < -0.39 is 0 Å². The van der Waals surface area contributed by atoms with Gasteiger partial charge in [-0.1, -0.05) is 0 Å². The molecule has 0 fully saturated rings. The van der Waals surface area contributed by atoms with Crippen molar-refractivity contribution in [2.45, 2.75) is 33.1 Å². The van der Waals surface area contributed by atoms with Crippen molar-refractivity contribution in [1.82, 2.24) is 9.55 Å². The normalized spacial score (nSPS) is 10.8. The summed E-state index contributed by atoms with van der Waals surface area (Å²) in [6, 6.07) is 8.06. The number of carbonyl (C=O) groups is 1. The number of carbonyl (C=O) groups excluding carboxylic acids is 1. The van der Waals surface area contributed by atoms with Crippen molar-refractivity contribution in [2.75, 3.05) is 21.3 Å². The highest BCUT2D eigenvalue weighted by molar-refractivity contribution is 6.09. The largest absolute Gasteiger partial charge is 0.497 e. The van der Waals surface area contributed by atoms with E-state index >= 15 is 0 Å². The lowest BCUT2D eigenvalue weighted by Crippen LogP contribution is -2.05. The van der Waals surface area contributed by atoms with E-state index in [2.05, 4.69) is 25.1 Å². The molecular formula is C20H26N2O4. The summed E-state index contributed by atoms with van der Waals surface area (Å²) >= 11 is 0. The minimum Gasteiger partial charge on any atom is -0.497 e. The molecule has 1 aromatic carbocycles. The number of aldehydes is 1. The Morgan fingerprint density at radius 1 is 1.15 bits per heavy atom. The first-order valence-electron chi connectivity index (χ1n) is 8.48. The van der Waals surface area contributed by atoms with Gasteiger partial charge in [-0.15, -0.1) is 0 Å². The summed E-state index contributed by atoms with van der Waals surface area (Å²) in [5.41, 5.74) is 3.15. The van der Waals surface area contributed by atoms with Gasteiger partial charge in [0.2, 0.25) is 0 Å². The van der Waals surface area contributed by atoms with Gasteiger partial charge in [-0.25, -0.2) is 0 Å². The highest BCUT2D eigenvalue weighted by Crippen LogP contribution is 2.32. The fraction of sp³-hybridized carbons (Fsp3) is 0.400. The number of nitrogens with zero attached hydrogens (tertiary/aromatic N) is 2. The predicted molar refractivity (Wildman–Crippen MR) is 103 cm³/mol. The smallest absolute Gasteiger partial charge is 0.154 e. The van der Waals surface area contributed by atoms with Crippen molar-refractivity contribution in [3.63, 3.8) is 0 Å². The van der Waals surface area contributed by atoms with Crippen LogP contribution in [0.3, 0.4) is 0 Å². The van der Waals surface area contributed by atoms with Crippen molar-refractivity contribution in [3.05, 3.63) is 36.2 Å². The van der Waals surface area contributed by atoms with E-state index in [1.165, 1.54) is 5.39 Å². The summed E-state index contributed by atoms with van der Waals surface area (Å²) in [6.45, 7) is 4.49. The Labute approximate surface area is 153 Å². The molecule has 0 aliphatic heterocycles. The molecule has 0 spiro atoms. The van der Waals surface area contributed by atoms with Crippen LogP contribution in [0.2, 0.25) is 0 Å². The lowest BCUT2D eigenvalue weighted by molar-refractivity contribution is -0.108. The van der Waals surface area contributed by atoms with Gasteiger partial charge in [-0.3, -0.25) is 4.98 Å². The second-order valence-electron chi connectivity index (χ2n) is 5.82. The number of aryl methyl sites for hydroxylation is 2. The van der Waals surface area contributed by atoms with Gasteiger partial charge in [-0.05, 0) is 32.0 Å². The second kappa shape index (κ2) is 9.31. The molecular weight excluding hydrogens is 332 g/mol. The number of ether oxygens (including phenoxy) is 3. The molecule has 6 heteroatoms. The minimum atomic E-state index is -0.0648. The number of aromatic nitrogens is 2. The number of benzene rings is 1. The van der Waals surface area contributed by atoms with Crippen LogP contribution in [0, 0.1) is 6.92 Å². The minimum absolute atomic E-state index is 0.0648. The van der Waals surface area contributed by atoms with Crippen molar-refractivity contribution in [3.8, 4) is 5.75 Å². The molecule has 0 aliphatic rings. The maximum atomic E-state index is 10.7. The molecule has 0 saturated heterocycles. The molecule has 140 valence electrons. The van der Waals surface area contributed by atoms with Crippen LogP contribution < -0.4 is 4.74 Å². The van der Waals surface area contributed by atoms with Gasteiger partial charge in [0.1, 0.15) is 12.0 Å². The molecule has 0 bridgehead atoms. The standard InChI is InChI=1S/C16H16N2O2.C4H10O2/c1-11-16-14(6-7-17-11)13-5-4-12(20-2)10-15(13)18(16)8-3-9-19;1-4(5-2)6-3/h4-7,9-10H,3,8H2,1-2H3;4H,1-3H3. The third-order valence-electron chi connectivity index (χ3n) is 4.30. The Bertz CT molecular complexity index is 869. The van der Waals surface area contributed by atoms with E-state index in [0.717, 1.165) is 34.1 Å². The lowest BCUT2D eigenvalue weighted by Gasteiger charge is -2.07. The molecule has 6 nitrogen and oxygen atoms in total. The zero-order valence-corrected chi connectivity index (χ0v) is 16.0. The molecule has 0 N–H and O–H groups in total. The van der Waals surface area contributed by atoms with E-state index in [1.807, 2.05) is 38.2 Å². The summed E-state index contributed by atoms with van der Waals surface area (Å²) in [6.07, 6.45) is 3.20. The van der Waals surface area contributed by atoms with Gasteiger partial charge in [0.15, 0.2) is 6.29 Å². The first-order chi connectivity index (χ1) is 12.6. The zero-order valence-electron chi connectivity index (χ0n) is 16.0. The van der Waals surface area contributed by atoms with Gasteiger partial charge in [0.05, 0.1) is 23.8 Å². The average molecular weight is 358 g/mol. The van der Waals surface area contributed by atoms with Crippen molar-refractivity contribution in [1.29, 1.82) is 0 Å². The summed E-state index contributed by atoms with van der Waals surface area (Å²) in [7, 11) is 4.87. The van der Waals surface area contributed by atoms with E-state index in [1.54, 1.807) is 21.3 Å². The molecule has 2 heterocycles. The number of rotatable bonds is 6. The molecule has 3 rings (SSSR count). The first kappa shape index (κ1) is 19.9. The van der Waals surface area contributed by atoms with Crippen LogP contribution in [0.25, 0.3) is 21.8 Å². The summed E-state index contributed by atoms with van der Waals surface area (Å²) in [5, 5.41) is 2.33. The Kier molecular flexibility index (Phi) is 7.12. The maximum absolute atomic E-state index is 10.7. The van der Waals surface area contributed by atoms with Gasteiger partial charge in [0, 0.05) is 50.2 Å². The Hall–Kier alpha value is -2.44. The van der Waals surface area contributed by atoms with Crippen LogP contribution in [-0.2, 0) is 20.8 Å². The van der Waals surface area contributed by atoms with Gasteiger partial charge < -0.3 is 23.6 Å². The quantitative estimate of drug-likeness (QED) is 0.496. The Balaban J connectivity index is 0.000000352. The highest BCUT2D eigenvalue weighted by Gasteiger charge is 2.13. The molecule has 0 amide bonds. The topological polar surface area (TPSA) is 62.6 Å². The number of fused-ring (bicyclic) bond motifs is 3. The number of methoxy groups -OCH3 is 3. The fourth-order valence-corrected chi connectivity index (χ4v) is 2.84. The summed E-state index contributed by atoms with van der Waals surface area (Å²) in [5.74, 6) is 0.818. The monoisotopic (exact) mass is 358 g/mol. The van der Waals surface area contributed by atoms with Crippen LogP contribution >= 0.6 is 0 Å². The van der Waals surface area contributed by atoms with Gasteiger partial charge in [0.25, 0.3) is 0 Å². The van der Waals surface area contributed by atoms with Crippen LogP contribution in [0.15, 0.2) is 30.5 Å². The molecule has 0 unspecified atom stereocenters. The van der Waals surface area contributed by atoms with Crippen LogP contribution in [0.5, 0.6) is 5.75 Å². The second-order valence-corrected chi connectivity index (χ2v) is 5.82. The van der Waals surface area contributed by atoms with Crippen molar-refractivity contribution >= 4 is 28.1 Å². The number of pyridine rings is 1. The maximum Gasteiger partial charge on any atom is 0.154 e. The van der Waals surface area contributed by atoms with Crippen molar-refractivity contribution in [2.24, 2.45) is 0 Å². The zero-order chi connectivity index (χ0) is 19.1. The fourth-order valence-electron chi connectivity index (χ4n) is 2.84. The van der Waals surface area contributed by atoms with Gasteiger partial charge in [-0.2, -0.15) is 0 Å². The Morgan fingerprint density at radius 2 is 1.88 bits per heavy atom. The third-order valence-corrected chi connectivity index (χ3v) is 4.30. The lowest BCUT2D eigenvalue weighted by atomic mass is 10.1. The molecule has 0 radical (unpaired) electrons. The Morgan fingerprint density at radius 3 is 2.46 bits per heavy atom. The molecule has 3 aromatic rings. The van der Waals surface area contributed by atoms with E-state index in [0.29, 0.717) is 13.0 Å². The average Bonchev–Trinajstić information content (AvgIpc) is 3.00. The van der Waals surface area contributed by atoms with Crippen LogP contribution in [-0.4, -0.2) is 43.5 Å². The summed E-state index contributed by atoms with van der Waals surface area (Å²) in [4.78, 5) is 15.1. The summed E-state index contributed by atoms with van der Waals surface area (Å²) < 4.78 is 16.8. The number of hydrogen-bond donors (Lipinski definition) is 0. The number of hydrogen-bond acceptors (Lipinski definition) is 5. The highest BCUT2D eigenvalue weighted by atomic mass is 16.7. The molecule has 26 heavy (non-hydrogen) atoms. The van der Waals surface area contributed by atoms with E-state index in [-0.39, 0.29) is 6.29 Å². The molecule has 2 aromatic heterocycles. The van der Waals surface area contributed by atoms with Crippen LogP contribution in [0.4, 0.5) is 0 Å². The predicted octanol–water partition coefficient (Wildman–Crippen LogP) is 3.72. The van der Waals surface area contributed by atoms with E-state index in [4.69, 9.17) is 4.74 Å². The van der Waals surface area contributed by atoms with Crippen LogP contribution in [0.1, 0.15) is 19.0 Å². The molecule has 0 saturated carbocycles. The third kappa shape index (κ3) is 4.20. The van der Waals surface area contributed by atoms with Gasteiger partial charge >= 0.3 is 0 Å². The molecule has 0 aliphatic carbocycles. The molecule has 0 atom stereocenters. The van der Waals surface area contributed by atoms with E-state index in [9.17, 15) is 4.79 Å². The first-order valence-corrected chi connectivity index (χ1v) is 8.48. The SMILES string of the molecule is COC(C)OC.COc1ccc2c3ccnc(C)c3n(CCC=O)c2c1.